The Hall–Kier alpha value is -2.53. The van der Waals surface area contributed by atoms with E-state index in [0.717, 1.165) is 49.4 Å². The molecule has 0 bridgehead atoms. The average molecular weight is 421 g/mol. The summed E-state index contributed by atoms with van der Waals surface area (Å²) < 4.78 is 11.4. The summed E-state index contributed by atoms with van der Waals surface area (Å²) in [4.78, 5) is 17.8. The Balaban J connectivity index is 1.25. The van der Waals surface area contributed by atoms with Gasteiger partial charge in [0.05, 0.1) is 12.6 Å². The highest BCUT2D eigenvalue weighted by Gasteiger charge is 2.34. The molecule has 3 aliphatic heterocycles. The van der Waals surface area contributed by atoms with Gasteiger partial charge in [0.2, 0.25) is 5.91 Å². The monoisotopic (exact) mass is 420 g/mol. The van der Waals surface area contributed by atoms with E-state index < -0.39 is 0 Å². The molecule has 2 aromatic carbocycles. The van der Waals surface area contributed by atoms with Crippen LogP contribution in [0, 0.1) is 6.92 Å². The molecular weight excluding hydrogens is 388 g/mol. The Labute approximate surface area is 184 Å². The topological polar surface area (TPSA) is 42.0 Å². The molecule has 2 saturated heterocycles. The van der Waals surface area contributed by atoms with E-state index in [9.17, 15) is 4.79 Å². The Morgan fingerprint density at radius 2 is 1.74 bits per heavy atom. The van der Waals surface area contributed by atoms with Gasteiger partial charge in [-0.25, -0.2) is 0 Å². The van der Waals surface area contributed by atoms with Gasteiger partial charge < -0.3 is 14.4 Å². The van der Waals surface area contributed by atoms with Gasteiger partial charge >= 0.3 is 0 Å². The fourth-order valence-corrected chi connectivity index (χ4v) is 5.27. The van der Waals surface area contributed by atoms with Gasteiger partial charge in [-0.2, -0.15) is 0 Å². The van der Waals surface area contributed by atoms with E-state index in [2.05, 4.69) is 53.1 Å². The predicted molar refractivity (Wildman–Crippen MR) is 121 cm³/mol. The normalized spacial score (nSPS) is 23.3. The molecule has 0 aliphatic carbocycles. The molecular formula is C26H32N2O3. The summed E-state index contributed by atoms with van der Waals surface area (Å²) in [6.07, 6.45) is 5.44. The van der Waals surface area contributed by atoms with E-state index in [1.165, 1.54) is 24.0 Å². The van der Waals surface area contributed by atoms with Gasteiger partial charge in [-0.1, -0.05) is 35.9 Å². The minimum absolute atomic E-state index is 0.140. The number of amides is 1. The van der Waals surface area contributed by atoms with Crippen LogP contribution in [-0.4, -0.2) is 54.6 Å². The number of hydrogen-bond acceptors (Lipinski definition) is 4. The first kappa shape index (κ1) is 20.4. The first-order chi connectivity index (χ1) is 15.2. The third-order valence-corrected chi connectivity index (χ3v) is 6.95. The molecule has 2 unspecified atom stereocenters. The molecule has 5 rings (SSSR count). The smallest absolute Gasteiger partial charge is 0.237 e. The first-order valence-corrected chi connectivity index (χ1v) is 11.7. The lowest BCUT2D eigenvalue weighted by molar-refractivity contribution is -0.133. The first-order valence-electron chi connectivity index (χ1n) is 11.7. The Bertz CT molecular complexity index is 927. The lowest BCUT2D eigenvalue weighted by atomic mass is 10.0. The Kier molecular flexibility index (Phi) is 5.86. The van der Waals surface area contributed by atoms with Gasteiger partial charge in [-0.3, -0.25) is 9.69 Å². The van der Waals surface area contributed by atoms with Crippen molar-refractivity contribution in [3.8, 4) is 11.5 Å². The van der Waals surface area contributed by atoms with Gasteiger partial charge in [-0.15, -0.1) is 0 Å². The number of carbonyl (C=O) groups is 1. The summed E-state index contributed by atoms with van der Waals surface area (Å²) in [6.45, 7) is 5.69. The molecule has 0 spiro atoms. The van der Waals surface area contributed by atoms with E-state index >= 15 is 0 Å². The van der Waals surface area contributed by atoms with Crippen LogP contribution in [0.2, 0.25) is 0 Å². The van der Waals surface area contributed by atoms with Gasteiger partial charge in [0.25, 0.3) is 0 Å². The van der Waals surface area contributed by atoms with Gasteiger partial charge in [0.1, 0.15) is 13.2 Å². The largest absolute Gasteiger partial charge is 0.486 e. The highest BCUT2D eigenvalue weighted by Crippen LogP contribution is 2.38. The Morgan fingerprint density at radius 3 is 2.58 bits per heavy atom. The highest BCUT2D eigenvalue weighted by atomic mass is 16.6. The maximum absolute atomic E-state index is 13.3. The predicted octanol–water partition coefficient (Wildman–Crippen LogP) is 4.14. The summed E-state index contributed by atoms with van der Waals surface area (Å²) >= 11 is 0. The SMILES string of the molecule is Cc1ccc(CC2CCCN2CC(=O)N2CCCC2c2ccc3c(c2)OCCO3)cc1. The summed E-state index contributed by atoms with van der Waals surface area (Å²) in [5.74, 6) is 1.87. The molecule has 5 heteroatoms. The van der Waals surface area contributed by atoms with Crippen LogP contribution in [0.25, 0.3) is 0 Å². The highest BCUT2D eigenvalue weighted by molar-refractivity contribution is 5.79. The number of benzene rings is 2. The second kappa shape index (κ2) is 8.91. The van der Waals surface area contributed by atoms with Crippen LogP contribution in [0.1, 0.15) is 48.4 Å². The number of likely N-dealkylation sites (tertiary alicyclic amines) is 2. The van der Waals surface area contributed by atoms with Gasteiger partial charge in [0.15, 0.2) is 11.5 Å². The standard InChI is InChI=1S/C26H32N2O3/c1-19-6-8-20(9-7-19)16-22-4-2-12-27(22)18-26(29)28-13-3-5-23(28)21-10-11-24-25(17-21)31-15-14-30-24/h6-11,17,22-23H,2-5,12-16,18H2,1H3. The zero-order valence-electron chi connectivity index (χ0n) is 18.4. The zero-order chi connectivity index (χ0) is 21.2. The molecule has 3 heterocycles. The molecule has 3 aliphatic rings. The van der Waals surface area contributed by atoms with Crippen molar-refractivity contribution in [3.63, 3.8) is 0 Å². The van der Waals surface area contributed by atoms with Crippen molar-refractivity contribution in [2.75, 3.05) is 32.8 Å². The number of aryl methyl sites for hydroxylation is 1. The molecule has 2 atom stereocenters. The number of fused-ring (bicyclic) bond motifs is 1. The van der Waals surface area contributed by atoms with Crippen LogP contribution in [0.3, 0.4) is 0 Å². The molecule has 0 radical (unpaired) electrons. The van der Waals surface area contributed by atoms with Gasteiger partial charge in [-0.05, 0) is 68.8 Å². The number of carbonyl (C=O) groups excluding carboxylic acids is 1. The fourth-order valence-electron chi connectivity index (χ4n) is 5.27. The van der Waals surface area contributed by atoms with Crippen LogP contribution in [-0.2, 0) is 11.2 Å². The Morgan fingerprint density at radius 1 is 0.968 bits per heavy atom. The quantitative estimate of drug-likeness (QED) is 0.729. The summed E-state index contributed by atoms with van der Waals surface area (Å²) in [5.41, 5.74) is 3.82. The van der Waals surface area contributed by atoms with E-state index in [1.807, 2.05) is 6.07 Å². The second-order valence-corrected chi connectivity index (χ2v) is 9.10. The van der Waals surface area contributed by atoms with Crippen molar-refractivity contribution in [2.24, 2.45) is 0 Å². The van der Waals surface area contributed by atoms with Crippen LogP contribution in [0.5, 0.6) is 11.5 Å². The lowest BCUT2D eigenvalue weighted by Gasteiger charge is -2.30. The molecule has 2 fully saturated rings. The van der Waals surface area contributed by atoms with Crippen LogP contribution in [0.4, 0.5) is 0 Å². The van der Waals surface area contributed by atoms with Gasteiger partial charge in [0, 0.05) is 12.6 Å². The van der Waals surface area contributed by atoms with E-state index in [4.69, 9.17) is 9.47 Å². The molecule has 0 saturated carbocycles. The van der Waals surface area contributed by atoms with Crippen LogP contribution >= 0.6 is 0 Å². The lowest BCUT2D eigenvalue weighted by Crippen LogP contribution is -2.42. The van der Waals surface area contributed by atoms with Crippen molar-refractivity contribution in [3.05, 3.63) is 59.2 Å². The van der Waals surface area contributed by atoms with Crippen LogP contribution < -0.4 is 9.47 Å². The molecule has 1 amide bonds. The minimum atomic E-state index is 0.140. The van der Waals surface area contributed by atoms with E-state index in [0.29, 0.717) is 25.8 Å². The molecule has 2 aromatic rings. The third-order valence-electron chi connectivity index (χ3n) is 6.95. The van der Waals surface area contributed by atoms with E-state index in [1.54, 1.807) is 0 Å². The van der Waals surface area contributed by atoms with Crippen LogP contribution in [0.15, 0.2) is 42.5 Å². The number of rotatable bonds is 5. The zero-order valence-corrected chi connectivity index (χ0v) is 18.4. The molecule has 31 heavy (non-hydrogen) atoms. The fraction of sp³-hybridized carbons (Fsp3) is 0.500. The van der Waals surface area contributed by atoms with E-state index in [-0.39, 0.29) is 11.9 Å². The number of nitrogens with zero attached hydrogens (tertiary/aromatic N) is 2. The maximum atomic E-state index is 13.3. The minimum Gasteiger partial charge on any atom is -0.486 e. The summed E-state index contributed by atoms with van der Waals surface area (Å²) in [7, 11) is 0. The van der Waals surface area contributed by atoms with Crippen molar-refractivity contribution >= 4 is 5.91 Å². The molecule has 0 N–H and O–H groups in total. The van der Waals surface area contributed by atoms with Crippen molar-refractivity contribution in [2.45, 2.75) is 51.1 Å². The summed E-state index contributed by atoms with van der Waals surface area (Å²) in [6, 6.07) is 15.6. The maximum Gasteiger partial charge on any atom is 0.237 e. The number of ether oxygens (including phenoxy) is 2. The molecule has 0 aromatic heterocycles. The average Bonchev–Trinajstić information content (AvgIpc) is 3.45. The number of hydrogen-bond donors (Lipinski definition) is 0. The van der Waals surface area contributed by atoms with Crippen molar-refractivity contribution < 1.29 is 14.3 Å². The third kappa shape index (κ3) is 4.42. The summed E-state index contributed by atoms with van der Waals surface area (Å²) in [5, 5.41) is 0. The second-order valence-electron chi connectivity index (χ2n) is 9.10. The van der Waals surface area contributed by atoms with Crippen molar-refractivity contribution in [1.29, 1.82) is 0 Å². The molecule has 5 nitrogen and oxygen atoms in total. The van der Waals surface area contributed by atoms with Crippen molar-refractivity contribution in [1.82, 2.24) is 9.80 Å². The molecule has 164 valence electrons.